The van der Waals surface area contributed by atoms with E-state index in [-0.39, 0.29) is 10.2 Å². The van der Waals surface area contributed by atoms with E-state index in [1.165, 1.54) is 0 Å². The van der Waals surface area contributed by atoms with Crippen molar-refractivity contribution in [3.63, 3.8) is 0 Å². The van der Waals surface area contributed by atoms with Crippen LogP contribution in [-0.2, 0) is 19.1 Å². The van der Waals surface area contributed by atoms with Gasteiger partial charge in [0.05, 0.1) is 29.7 Å². The molecule has 10 heteroatoms. The molecule has 0 aliphatic carbocycles. The summed E-state index contributed by atoms with van der Waals surface area (Å²) in [5.41, 5.74) is -1.28. The van der Waals surface area contributed by atoms with Gasteiger partial charge in [0.15, 0.2) is 0 Å². The SMILES string of the molecule is COC(=O)/C=C(/Nc1cc(F)c(Br)cc1[N+](=O)[O-])C(=O)OC. The van der Waals surface area contributed by atoms with Gasteiger partial charge in [-0.1, -0.05) is 0 Å². The van der Waals surface area contributed by atoms with Crippen molar-refractivity contribution < 1.29 is 28.4 Å². The topological polar surface area (TPSA) is 108 Å². The third kappa shape index (κ3) is 4.25. The van der Waals surface area contributed by atoms with Crippen LogP contribution in [0.2, 0.25) is 0 Å². The average Bonchev–Trinajstić information content (AvgIpc) is 2.48. The fourth-order valence-electron chi connectivity index (χ4n) is 1.37. The summed E-state index contributed by atoms with van der Waals surface area (Å²) in [5, 5.41) is 13.3. The van der Waals surface area contributed by atoms with Crippen molar-refractivity contribution in [1.82, 2.24) is 0 Å². The van der Waals surface area contributed by atoms with E-state index in [9.17, 15) is 24.1 Å². The lowest BCUT2D eigenvalue weighted by atomic mass is 10.2. The molecule has 0 atom stereocenters. The van der Waals surface area contributed by atoms with Crippen molar-refractivity contribution in [3.8, 4) is 0 Å². The number of carbonyl (C=O) groups excluding carboxylic acids is 2. The first-order valence-corrected chi connectivity index (χ1v) is 6.37. The van der Waals surface area contributed by atoms with Gasteiger partial charge in [-0.25, -0.2) is 14.0 Å². The molecule has 0 spiro atoms. The standard InChI is InChI=1S/C12H10BrFN2O6/c1-21-11(17)5-9(12(18)22-2)15-8-4-7(14)6(13)3-10(8)16(19)20/h3-5,15H,1-2H3/b9-5+. The normalized spacial score (nSPS) is 10.8. The molecular weight excluding hydrogens is 367 g/mol. The Kier molecular flexibility index (Phi) is 5.99. The third-order valence-corrected chi connectivity index (χ3v) is 2.98. The van der Waals surface area contributed by atoms with Gasteiger partial charge in [-0.05, 0) is 15.9 Å². The third-order valence-electron chi connectivity index (χ3n) is 2.37. The Morgan fingerprint density at radius 2 is 2.00 bits per heavy atom. The number of methoxy groups -OCH3 is 2. The molecule has 0 unspecified atom stereocenters. The van der Waals surface area contributed by atoms with Crippen LogP contribution in [0, 0.1) is 15.9 Å². The second-order valence-electron chi connectivity index (χ2n) is 3.74. The molecule has 118 valence electrons. The van der Waals surface area contributed by atoms with Gasteiger partial charge in [0.2, 0.25) is 0 Å². The van der Waals surface area contributed by atoms with Crippen LogP contribution in [0.15, 0.2) is 28.4 Å². The van der Waals surface area contributed by atoms with Crippen LogP contribution in [0.5, 0.6) is 0 Å². The number of nitrogens with one attached hydrogen (secondary N) is 1. The summed E-state index contributed by atoms with van der Waals surface area (Å²) in [7, 11) is 2.13. The van der Waals surface area contributed by atoms with Gasteiger partial charge in [-0.2, -0.15) is 0 Å². The molecule has 0 aliphatic heterocycles. The van der Waals surface area contributed by atoms with Gasteiger partial charge in [0.25, 0.3) is 5.69 Å². The van der Waals surface area contributed by atoms with Gasteiger partial charge in [-0.3, -0.25) is 10.1 Å². The van der Waals surface area contributed by atoms with E-state index in [4.69, 9.17) is 0 Å². The second kappa shape index (κ2) is 7.50. The number of ether oxygens (including phenoxy) is 2. The van der Waals surface area contributed by atoms with Gasteiger partial charge >= 0.3 is 11.9 Å². The van der Waals surface area contributed by atoms with E-state index in [1.807, 2.05) is 0 Å². The van der Waals surface area contributed by atoms with E-state index < -0.39 is 34.1 Å². The number of nitrogens with zero attached hydrogens (tertiary/aromatic N) is 1. The smallest absolute Gasteiger partial charge is 0.354 e. The van der Waals surface area contributed by atoms with Crippen LogP contribution >= 0.6 is 15.9 Å². The van der Waals surface area contributed by atoms with E-state index >= 15 is 0 Å². The number of esters is 2. The first kappa shape index (κ1) is 17.6. The van der Waals surface area contributed by atoms with Crippen LogP contribution in [-0.4, -0.2) is 31.1 Å². The summed E-state index contributed by atoms with van der Waals surface area (Å²) < 4.78 is 22.2. The summed E-state index contributed by atoms with van der Waals surface area (Å²) in [6, 6.07) is 1.72. The van der Waals surface area contributed by atoms with Gasteiger partial charge in [0, 0.05) is 12.1 Å². The number of halogens is 2. The molecule has 1 N–H and O–H groups in total. The van der Waals surface area contributed by atoms with Gasteiger partial charge in [-0.15, -0.1) is 0 Å². The van der Waals surface area contributed by atoms with Crippen LogP contribution in [0.4, 0.5) is 15.8 Å². The first-order chi connectivity index (χ1) is 10.3. The lowest BCUT2D eigenvalue weighted by molar-refractivity contribution is -0.384. The van der Waals surface area contributed by atoms with Crippen molar-refractivity contribution in [2.24, 2.45) is 0 Å². The van der Waals surface area contributed by atoms with E-state index in [1.54, 1.807) is 0 Å². The molecule has 0 aromatic heterocycles. The maximum atomic E-state index is 13.5. The Labute approximate surface area is 132 Å². The molecule has 0 aliphatic rings. The number of nitro groups is 1. The average molecular weight is 377 g/mol. The highest BCUT2D eigenvalue weighted by molar-refractivity contribution is 9.10. The van der Waals surface area contributed by atoms with Crippen molar-refractivity contribution >= 4 is 39.2 Å². The number of hydrogen-bond donors (Lipinski definition) is 1. The molecule has 0 bridgehead atoms. The van der Waals surface area contributed by atoms with E-state index in [0.29, 0.717) is 0 Å². The van der Waals surface area contributed by atoms with Crippen molar-refractivity contribution in [2.75, 3.05) is 19.5 Å². The predicted molar refractivity (Wildman–Crippen MR) is 76.5 cm³/mol. The Morgan fingerprint density at radius 3 is 2.50 bits per heavy atom. The minimum Gasteiger partial charge on any atom is -0.466 e. The van der Waals surface area contributed by atoms with Crippen LogP contribution < -0.4 is 5.32 Å². The molecule has 0 fully saturated rings. The molecule has 0 saturated heterocycles. The number of carbonyl (C=O) groups is 2. The number of nitro benzene ring substituents is 1. The fraction of sp³-hybridized carbons (Fsp3) is 0.167. The van der Waals surface area contributed by atoms with Crippen molar-refractivity contribution in [2.45, 2.75) is 0 Å². The lowest BCUT2D eigenvalue weighted by Crippen LogP contribution is -2.16. The largest absolute Gasteiger partial charge is 0.466 e. The van der Waals surface area contributed by atoms with E-state index in [0.717, 1.165) is 32.4 Å². The molecule has 0 radical (unpaired) electrons. The summed E-state index contributed by atoms with van der Waals surface area (Å²) >= 11 is 2.82. The summed E-state index contributed by atoms with van der Waals surface area (Å²) in [6.07, 6.45) is 0.732. The van der Waals surface area contributed by atoms with E-state index in [2.05, 4.69) is 30.7 Å². The molecule has 0 heterocycles. The molecular formula is C12H10BrFN2O6. The molecule has 1 aromatic carbocycles. The highest BCUT2D eigenvalue weighted by Crippen LogP contribution is 2.31. The Hall–Kier alpha value is -2.49. The quantitative estimate of drug-likeness (QED) is 0.363. The Balaban J connectivity index is 3.32. The van der Waals surface area contributed by atoms with Crippen LogP contribution in [0.1, 0.15) is 0 Å². The van der Waals surface area contributed by atoms with Crippen molar-refractivity contribution in [3.05, 3.63) is 44.3 Å². The molecule has 0 amide bonds. The maximum Gasteiger partial charge on any atom is 0.354 e. The lowest BCUT2D eigenvalue weighted by Gasteiger charge is -2.10. The van der Waals surface area contributed by atoms with Crippen LogP contribution in [0.3, 0.4) is 0 Å². The Morgan fingerprint density at radius 1 is 1.36 bits per heavy atom. The molecule has 0 saturated carbocycles. The van der Waals surface area contributed by atoms with Gasteiger partial charge < -0.3 is 14.8 Å². The first-order valence-electron chi connectivity index (χ1n) is 5.58. The summed E-state index contributed by atoms with van der Waals surface area (Å²) in [4.78, 5) is 33.0. The minimum atomic E-state index is -0.983. The monoisotopic (exact) mass is 376 g/mol. The van der Waals surface area contributed by atoms with Crippen LogP contribution in [0.25, 0.3) is 0 Å². The molecule has 1 rings (SSSR count). The summed E-state index contributed by atoms with van der Waals surface area (Å²) in [5.74, 6) is -2.67. The molecule has 1 aromatic rings. The zero-order chi connectivity index (χ0) is 16.9. The highest BCUT2D eigenvalue weighted by Gasteiger charge is 2.21. The van der Waals surface area contributed by atoms with Crippen molar-refractivity contribution in [1.29, 1.82) is 0 Å². The zero-order valence-corrected chi connectivity index (χ0v) is 13.0. The fourth-order valence-corrected chi connectivity index (χ4v) is 1.70. The highest BCUT2D eigenvalue weighted by atomic mass is 79.9. The second-order valence-corrected chi connectivity index (χ2v) is 4.59. The Bertz CT molecular complexity index is 661. The number of hydrogen-bond acceptors (Lipinski definition) is 7. The van der Waals surface area contributed by atoms with Gasteiger partial charge in [0.1, 0.15) is 17.2 Å². The predicted octanol–water partition coefficient (Wildman–Crippen LogP) is 2.14. The zero-order valence-electron chi connectivity index (χ0n) is 11.4. The summed E-state index contributed by atoms with van der Waals surface area (Å²) in [6.45, 7) is 0. The number of rotatable bonds is 5. The minimum absolute atomic E-state index is 0.124. The molecule has 8 nitrogen and oxygen atoms in total. The number of benzene rings is 1. The molecule has 22 heavy (non-hydrogen) atoms. The number of anilines is 1. The maximum absolute atomic E-state index is 13.5.